The highest BCUT2D eigenvalue weighted by atomic mass is 16.6. The number of rotatable bonds is 11. The fourth-order valence-corrected chi connectivity index (χ4v) is 5.88. The lowest BCUT2D eigenvalue weighted by molar-refractivity contribution is -0.0310. The van der Waals surface area contributed by atoms with E-state index < -0.39 is 0 Å². The lowest BCUT2D eigenvalue weighted by atomic mass is 9.98. The third kappa shape index (κ3) is 6.12. The second-order valence-electron chi connectivity index (χ2n) is 11.3. The van der Waals surface area contributed by atoms with Gasteiger partial charge in [-0.25, -0.2) is 4.79 Å². The molecule has 3 saturated heterocycles. The van der Waals surface area contributed by atoms with Crippen LogP contribution in [0, 0.1) is 0 Å². The highest BCUT2D eigenvalue weighted by Crippen LogP contribution is 2.38. The van der Waals surface area contributed by atoms with Gasteiger partial charge in [0.25, 0.3) is 0 Å². The molecular formula is C27H42N8O4. The van der Waals surface area contributed by atoms with Crippen LogP contribution >= 0.6 is 0 Å². The van der Waals surface area contributed by atoms with E-state index in [1.165, 1.54) is 0 Å². The average molecular weight is 543 g/mol. The van der Waals surface area contributed by atoms with Crippen molar-refractivity contribution in [3.8, 4) is 0 Å². The second kappa shape index (κ2) is 12.1. The van der Waals surface area contributed by atoms with Crippen LogP contribution < -0.4 is 10.6 Å². The second-order valence-corrected chi connectivity index (χ2v) is 11.3. The van der Waals surface area contributed by atoms with Crippen LogP contribution in [0.15, 0.2) is 18.2 Å². The first-order chi connectivity index (χ1) is 18.9. The number of hydrogen-bond donors (Lipinski definition) is 3. The Labute approximate surface area is 229 Å². The maximum Gasteiger partial charge on any atom is 0.410 e. The Kier molecular flexibility index (Phi) is 8.53. The van der Waals surface area contributed by atoms with Crippen LogP contribution in [-0.2, 0) is 9.47 Å². The monoisotopic (exact) mass is 542 g/mol. The molecule has 39 heavy (non-hydrogen) atoms. The lowest BCUT2D eigenvalue weighted by Crippen LogP contribution is -2.57. The van der Waals surface area contributed by atoms with Gasteiger partial charge in [0.05, 0.1) is 24.9 Å². The molecule has 2 bridgehead atoms. The van der Waals surface area contributed by atoms with Gasteiger partial charge in [-0.05, 0) is 38.5 Å². The summed E-state index contributed by atoms with van der Waals surface area (Å²) in [5, 5.41) is 20.7. The largest absolute Gasteiger partial charge is 0.443 e. The van der Waals surface area contributed by atoms with Crippen LogP contribution in [0.2, 0.25) is 0 Å². The molecule has 1 amide bonds. The highest BCUT2D eigenvalue weighted by molar-refractivity contribution is 5.70. The molecule has 0 spiro atoms. The smallest absolute Gasteiger partial charge is 0.410 e. The molecule has 4 atom stereocenters. The van der Waals surface area contributed by atoms with Crippen molar-refractivity contribution >= 4 is 23.6 Å². The number of piperidine rings is 1. The first kappa shape index (κ1) is 27.6. The zero-order valence-electron chi connectivity index (χ0n) is 23.4. The van der Waals surface area contributed by atoms with E-state index in [1.807, 2.05) is 24.0 Å². The summed E-state index contributed by atoms with van der Waals surface area (Å²) in [6, 6.07) is 2.34. The van der Waals surface area contributed by atoms with Crippen molar-refractivity contribution in [2.24, 2.45) is 0 Å². The molecule has 3 N–H and O–H groups in total. The number of hydrogen-bond acceptors (Lipinski definition) is 10. The standard InChI is InChI=1S/C27H42N8O4/c1-17(2)22-13-24-30-25(28-18(3)16-38-4)31-26(35(24)32-22)29-21-9-7-19-8-10-23(21)34(19)27(37)39-20-14-33(15-20)11-5-6-12-36/h5-6,13,17-21,23,36H,7-12,14-16H2,1-4H3,(H2,28,29,30,31)/b6-5+/t18-,19?,21?,23?/m1/s1. The molecule has 0 radical (unpaired) electrons. The van der Waals surface area contributed by atoms with Crippen LogP contribution in [0.1, 0.15) is 58.1 Å². The normalized spacial score (nSPS) is 24.5. The van der Waals surface area contributed by atoms with Crippen LogP contribution in [-0.4, -0.2) is 111 Å². The van der Waals surface area contributed by atoms with E-state index in [4.69, 9.17) is 29.6 Å². The van der Waals surface area contributed by atoms with Gasteiger partial charge in [-0.2, -0.15) is 19.6 Å². The zero-order valence-corrected chi connectivity index (χ0v) is 23.4. The van der Waals surface area contributed by atoms with Crippen molar-refractivity contribution in [2.45, 2.75) is 82.6 Å². The molecule has 214 valence electrons. The minimum absolute atomic E-state index is 0.0341. The van der Waals surface area contributed by atoms with Gasteiger partial charge in [0.2, 0.25) is 11.9 Å². The maximum atomic E-state index is 13.3. The molecule has 2 aromatic heterocycles. The molecule has 3 unspecified atom stereocenters. The number of anilines is 2. The average Bonchev–Trinajstić information content (AvgIpc) is 3.45. The van der Waals surface area contributed by atoms with Crippen molar-refractivity contribution in [1.29, 1.82) is 0 Å². The Morgan fingerprint density at radius 1 is 1.18 bits per heavy atom. The van der Waals surface area contributed by atoms with Crippen LogP contribution in [0.5, 0.6) is 0 Å². The molecule has 0 aliphatic carbocycles. The van der Waals surface area contributed by atoms with Crippen molar-refractivity contribution in [1.82, 2.24) is 29.4 Å². The topological polar surface area (TPSA) is 129 Å². The van der Waals surface area contributed by atoms with Gasteiger partial charge in [-0.15, -0.1) is 0 Å². The Morgan fingerprint density at radius 3 is 2.72 bits per heavy atom. The number of aliphatic hydroxyl groups is 1. The van der Waals surface area contributed by atoms with Crippen LogP contribution in [0.4, 0.5) is 16.7 Å². The van der Waals surface area contributed by atoms with E-state index in [0.29, 0.717) is 18.5 Å². The lowest BCUT2D eigenvalue weighted by Gasteiger charge is -2.43. The number of nitrogens with zero attached hydrogens (tertiary/aromatic N) is 6. The number of nitrogens with one attached hydrogen (secondary N) is 2. The highest BCUT2D eigenvalue weighted by Gasteiger charge is 2.47. The Hall–Kier alpha value is -2.96. The maximum absolute atomic E-state index is 13.3. The van der Waals surface area contributed by atoms with Gasteiger partial charge in [0.1, 0.15) is 6.10 Å². The Bertz CT molecular complexity index is 1160. The fourth-order valence-electron chi connectivity index (χ4n) is 5.88. The summed E-state index contributed by atoms with van der Waals surface area (Å²) in [5.41, 5.74) is 1.67. The number of fused-ring (bicyclic) bond motifs is 3. The Balaban J connectivity index is 1.29. The van der Waals surface area contributed by atoms with E-state index in [0.717, 1.165) is 56.7 Å². The van der Waals surface area contributed by atoms with E-state index in [2.05, 4.69) is 29.4 Å². The van der Waals surface area contributed by atoms with E-state index in [1.54, 1.807) is 17.7 Å². The van der Waals surface area contributed by atoms with Gasteiger partial charge in [-0.3, -0.25) is 4.90 Å². The number of aliphatic hydroxyl groups excluding tert-OH is 1. The number of amides is 1. The molecular weight excluding hydrogens is 500 g/mol. The molecule has 0 aromatic carbocycles. The third-order valence-corrected chi connectivity index (χ3v) is 7.90. The summed E-state index contributed by atoms with van der Waals surface area (Å²) in [6.45, 7) is 9.03. The third-order valence-electron chi connectivity index (χ3n) is 7.90. The summed E-state index contributed by atoms with van der Waals surface area (Å²) in [4.78, 5) is 27.0. The molecule has 3 aliphatic rings. The first-order valence-corrected chi connectivity index (χ1v) is 14.1. The van der Waals surface area contributed by atoms with Gasteiger partial charge >= 0.3 is 6.09 Å². The first-order valence-electron chi connectivity index (χ1n) is 14.1. The summed E-state index contributed by atoms with van der Waals surface area (Å²) in [6.07, 6.45) is 7.15. The molecule has 3 fully saturated rings. The van der Waals surface area contributed by atoms with Gasteiger partial charge in [-0.1, -0.05) is 26.0 Å². The van der Waals surface area contributed by atoms with Gasteiger partial charge in [0.15, 0.2) is 5.65 Å². The number of aromatic nitrogens is 4. The molecule has 12 nitrogen and oxygen atoms in total. The van der Waals surface area contributed by atoms with E-state index in [9.17, 15) is 4.79 Å². The van der Waals surface area contributed by atoms with Crippen molar-refractivity contribution < 1.29 is 19.4 Å². The minimum atomic E-state index is -0.214. The molecule has 5 heterocycles. The summed E-state index contributed by atoms with van der Waals surface area (Å²) in [7, 11) is 1.67. The zero-order chi connectivity index (χ0) is 27.5. The SMILES string of the molecule is COC[C@@H](C)Nc1nc(NC2CCC3CCC2N3C(=O)OC2CN(C/C=C/CO)C2)n2nc(C(C)C)cc2n1. The molecule has 3 aliphatic heterocycles. The summed E-state index contributed by atoms with van der Waals surface area (Å²) >= 11 is 0. The van der Waals surface area contributed by atoms with E-state index >= 15 is 0 Å². The van der Waals surface area contributed by atoms with Crippen LogP contribution in [0.25, 0.3) is 5.65 Å². The summed E-state index contributed by atoms with van der Waals surface area (Å²) in [5.74, 6) is 1.39. The summed E-state index contributed by atoms with van der Waals surface area (Å²) < 4.78 is 13.0. The predicted octanol–water partition coefficient (Wildman–Crippen LogP) is 2.47. The molecule has 0 saturated carbocycles. The van der Waals surface area contributed by atoms with Gasteiger partial charge < -0.3 is 30.1 Å². The number of carbonyl (C=O) groups is 1. The predicted molar refractivity (Wildman–Crippen MR) is 148 cm³/mol. The number of likely N-dealkylation sites (tertiary alicyclic amines) is 1. The van der Waals surface area contributed by atoms with Crippen molar-refractivity contribution in [3.63, 3.8) is 0 Å². The van der Waals surface area contributed by atoms with Crippen LogP contribution in [0.3, 0.4) is 0 Å². The quantitative estimate of drug-likeness (QED) is 0.364. The molecule has 5 rings (SSSR count). The number of methoxy groups -OCH3 is 1. The van der Waals surface area contributed by atoms with Crippen molar-refractivity contribution in [3.05, 3.63) is 23.9 Å². The van der Waals surface area contributed by atoms with E-state index in [-0.39, 0.29) is 48.9 Å². The number of carbonyl (C=O) groups excluding carboxylic acids is 1. The van der Waals surface area contributed by atoms with Gasteiger partial charge in [0, 0.05) is 50.9 Å². The Morgan fingerprint density at radius 2 is 1.97 bits per heavy atom. The van der Waals surface area contributed by atoms with Crippen molar-refractivity contribution in [2.75, 3.05) is 50.6 Å². The minimum Gasteiger partial charge on any atom is -0.443 e. The molecule has 2 aromatic rings. The molecule has 12 heteroatoms. The fraction of sp³-hybridized carbons (Fsp3) is 0.704. The number of ether oxygens (including phenoxy) is 2.